The number of H-pyrrole nitrogens is 1. The smallest absolute Gasteiger partial charge is 0.335 e. The van der Waals surface area contributed by atoms with Crippen LogP contribution in [0.25, 0.3) is 5.69 Å². The number of benzene rings is 1. The molecule has 0 bridgehead atoms. The van der Waals surface area contributed by atoms with Gasteiger partial charge in [-0.05, 0) is 66.1 Å². The van der Waals surface area contributed by atoms with E-state index in [1.165, 1.54) is 12.6 Å². The molecule has 0 radical (unpaired) electrons. The summed E-state index contributed by atoms with van der Waals surface area (Å²) in [6.45, 7) is 1.65. The van der Waals surface area contributed by atoms with Crippen molar-refractivity contribution in [3.8, 4) is 11.6 Å². The molecule has 2 heterocycles. The van der Waals surface area contributed by atoms with Gasteiger partial charge in [-0.25, -0.2) is 9.36 Å². The fraction of sp³-hybridized carbons (Fsp3) is 0.312. The Balaban J connectivity index is 2.02. The highest BCUT2D eigenvalue weighted by Crippen LogP contribution is 2.17. The summed E-state index contributed by atoms with van der Waals surface area (Å²) in [5.74, 6) is -0.411. The molecule has 8 heteroatoms. The van der Waals surface area contributed by atoms with Crippen LogP contribution in [0.1, 0.15) is 24.8 Å². The number of aromatic nitrogens is 2. The maximum Gasteiger partial charge on any atom is 0.335 e. The Bertz CT molecular complexity index is 864. The van der Waals surface area contributed by atoms with Gasteiger partial charge in [-0.15, -0.1) is 0 Å². The number of rotatable bonds is 3. The molecule has 1 aliphatic rings. The monoisotopic (exact) mass is 440 g/mol. The minimum atomic E-state index is -0.686. The first-order chi connectivity index (χ1) is 11.6. The Morgan fingerprint density at radius 3 is 2.46 bits per heavy atom. The van der Waals surface area contributed by atoms with Gasteiger partial charge in [0.1, 0.15) is 5.56 Å². The highest BCUT2D eigenvalue weighted by atomic mass is 127. The van der Waals surface area contributed by atoms with Crippen molar-refractivity contribution in [2.24, 2.45) is 5.10 Å². The fourth-order valence-electron chi connectivity index (χ4n) is 2.62. The molecular formula is C16H17IN4O3. The van der Waals surface area contributed by atoms with Crippen LogP contribution >= 0.6 is 22.6 Å². The number of aromatic hydroxyl groups is 1. The van der Waals surface area contributed by atoms with Gasteiger partial charge in [0.05, 0.1) is 11.9 Å². The van der Waals surface area contributed by atoms with Crippen molar-refractivity contribution < 1.29 is 5.11 Å². The van der Waals surface area contributed by atoms with Crippen LogP contribution in [0.4, 0.5) is 0 Å². The van der Waals surface area contributed by atoms with E-state index in [1.54, 1.807) is 12.1 Å². The van der Waals surface area contributed by atoms with E-state index in [4.69, 9.17) is 0 Å². The lowest BCUT2D eigenvalue weighted by molar-refractivity contribution is 0.240. The zero-order valence-electron chi connectivity index (χ0n) is 12.9. The van der Waals surface area contributed by atoms with Crippen LogP contribution in [0.15, 0.2) is 39.0 Å². The molecule has 24 heavy (non-hydrogen) atoms. The van der Waals surface area contributed by atoms with Crippen LogP contribution in [0.2, 0.25) is 0 Å². The summed E-state index contributed by atoms with van der Waals surface area (Å²) in [6.07, 6.45) is 4.61. The molecule has 0 saturated carbocycles. The van der Waals surface area contributed by atoms with E-state index in [9.17, 15) is 14.7 Å². The van der Waals surface area contributed by atoms with E-state index in [0.29, 0.717) is 5.69 Å². The van der Waals surface area contributed by atoms with Crippen LogP contribution in [0.5, 0.6) is 5.88 Å². The SMILES string of the molecule is O=c1[nH]c(=O)n(-c2ccc(I)cc2)c(O)c1/C=N/N1CCCCC1. The van der Waals surface area contributed by atoms with E-state index in [-0.39, 0.29) is 5.56 Å². The second kappa shape index (κ2) is 7.20. The van der Waals surface area contributed by atoms with E-state index in [2.05, 4.69) is 32.7 Å². The maximum absolute atomic E-state index is 12.1. The quantitative estimate of drug-likeness (QED) is 0.561. The second-order valence-corrected chi connectivity index (χ2v) is 6.81. The van der Waals surface area contributed by atoms with Crippen molar-refractivity contribution in [1.29, 1.82) is 0 Å². The van der Waals surface area contributed by atoms with Crippen molar-refractivity contribution in [2.75, 3.05) is 13.1 Å². The van der Waals surface area contributed by atoms with Crippen LogP contribution < -0.4 is 11.2 Å². The van der Waals surface area contributed by atoms with E-state index in [1.807, 2.05) is 17.1 Å². The van der Waals surface area contributed by atoms with Crippen LogP contribution in [-0.2, 0) is 0 Å². The molecule has 126 valence electrons. The number of hydrogen-bond acceptors (Lipinski definition) is 5. The molecule has 1 saturated heterocycles. The molecule has 0 amide bonds. The van der Waals surface area contributed by atoms with Gasteiger partial charge >= 0.3 is 5.69 Å². The lowest BCUT2D eigenvalue weighted by Crippen LogP contribution is -2.32. The summed E-state index contributed by atoms with van der Waals surface area (Å²) < 4.78 is 2.06. The second-order valence-electron chi connectivity index (χ2n) is 5.57. The van der Waals surface area contributed by atoms with Crippen molar-refractivity contribution in [3.63, 3.8) is 0 Å². The molecule has 1 aliphatic heterocycles. The predicted molar refractivity (Wildman–Crippen MR) is 100 cm³/mol. The molecule has 3 rings (SSSR count). The van der Waals surface area contributed by atoms with Gasteiger partial charge in [0.2, 0.25) is 5.88 Å². The van der Waals surface area contributed by atoms with E-state index < -0.39 is 17.1 Å². The Kier molecular flexibility index (Phi) is 5.03. The number of aromatic amines is 1. The number of nitrogens with one attached hydrogen (secondary N) is 1. The van der Waals surface area contributed by atoms with Crippen LogP contribution in [0.3, 0.4) is 0 Å². The van der Waals surface area contributed by atoms with Crippen LogP contribution in [0, 0.1) is 3.57 Å². The van der Waals surface area contributed by atoms with Crippen LogP contribution in [-0.4, -0.2) is 39.0 Å². The summed E-state index contributed by atoms with van der Waals surface area (Å²) in [5.41, 5.74) is -0.894. The van der Waals surface area contributed by atoms with E-state index >= 15 is 0 Å². The Morgan fingerprint density at radius 1 is 1.12 bits per heavy atom. The van der Waals surface area contributed by atoms with E-state index in [0.717, 1.165) is 34.1 Å². The lowest BCUT2D eigenvalue weighted by Gasteiger charge is -2.23. The molecular weight excluding hydrogens is 423 g/mol. The molecule has 0 atom stereocenters. The minimum absolute atomic E-state index is 0.0290. The normalized spacial score (nSPS) is 15.1. The molecule has 0 aliphatic carbocycles. The van der Waals surface area contributed by atoms with Gasteiger partial charge in [0, 0.05) is 16.7 Å². The topological polar surface area (TPSA) is 90.7 Å². The molecule has 1 fully saturated rings. The first kappa shape index (κ1) is 16.7. The Hall–Kier alpha value is -2.10. The maximum atomic E-state index is 12.1. The zero-order valence-corrected chi connectivity index (χ0v) is 15.1. The molecule has 7 nitrogen and oxygen atoms in total. The molecule has 0 spiro atoms. The third-order valence-corrected chi connectivity index (χ3v) is 4.61. The largest absolute Gasteiger partial charge is 0.493 e. The van der Waals surface area contributed by atoms with Crippen molar-refractivity contribution in [3.05, 3.63) is 54.2 Å². The van der Waals surface area contributed by atoms with Gasteiger partial charge in [-0.1, -0.05) is 0 Å². The number of piperidine rings is 1. The summed E-state index contributed by atoms with van der Waals surface area (Å²) >= 11 is 2.15. The Morgan fingerprint density at radius 2 is 1.79 bits per heavy atom. The van der Waals surface area contributed by atoms with Gasteiger partial charge in [-0.2, -0.15) is 5.10 Å². The van der Waals surface area contributed by atoms with Crippen molar-refractivity contribution >= 4 is 28.8 Å². The first-order valence-corrected chi connectivity index (χ1v) is 8.77. The van der Waals surface area contributed by atoms with Gasteiger partial charge in [-0.3, -0.25) is 14.8 Å². The summed E-state index contributed by atoms with van der Waals surface area (Å²) in [7, 11) is 0. The highest BCUT2D eigenvalue weighted by Gasteiger charge is 2.15. The predicted octanol–water partition coefficient (Wildman–Crippen LogP) is 1.66. The lowest BCUT2D eigenvalue weighted by atomic mass is 10.2. The molecule has 1 aromatic heterocycles. The van der Waals surface area contributed by atoms with Crippen molar-refractivity contribution in [1.82, 2.24) is 14.6 Å². The number of hydrazone groups is 1. The molecule has 0 unspecified atom stereocenters. The zero-order chi connectivity index (χ0) is 17.1. The number of halogens is 1. The molecule has 2 N–H and O–H groups in total. The number of nitrogens with zero attached hydrogens (tertiary/aromatic N) is 3. The fourth-order valence-corrected chi connectivity index (χ4v) is 2.98. The third kappa shape index (κ3) is 3.53. The van der Waals surface area contributed by atoms with Gasteiger partial charge in [0.25, 0.3) is 5.56 Å². The standard InChI is InChI=1S/C16H17IN4O3/c17-11-4-6-12(7-5-11)21-15(23)13(14(22)19-16(21)24)10-18-20-8-2-1-3-9-20/h4-7,10,23H,1-3,8-9H2,(H,19,22,24)/b18-10+. The number of hydrogen-bond donors (Lipinski definition) is 2. The van der Waals surface area contributed by atoms with Gasteiger partial charge in [0.15, 0.2) is 0 Å². The summed E-state index contributed by atoms with van der Waals surface area (Å²) in [6, 6.07) is 7.03. The molecule has 2 aromatic rings. The summed E-state index contributed by atoms with van der Waals surface area (Å²) in [4.78, 5) is 26.4. The van der Waals surface area contributed by atoms with Crippen molar-refractivity contribution in [2.45, 2.75) is 19.3 Å². The summed E-state index contributed by atoms with van der Waals surface area (Å²) in [5, 5.41) is 16.6. The average Bonchev–Trinajstić information content (AvgIpc) is 2.57. The Labute approximate surface area is 151 Å². The third-order valence-electron chi connectivity index (χ3n) is 3.89. The molecule has 1 aromatic carbocycles. The van der Waals surface area contributed by atoms with Gasteiger partial charge < -0.3 is 5.11 Å². The minimum Gasteiger partial charge on any atom is -0.493 e. The average molecular weight is 440 g/mol. The first-order valence-electron chi connectivity index (χ1n) is 7.69. The highest BCUT2D eigenvalue weighted by molar-refractivity contribution is 14.1.